The number of aliphatic hydroxyl groups is 1. The molecule has 1 aromatic carbocycles. The maximum atomic E-state index is 13.6. The van der Waals surface area contributed by atoms with Gasteiger partial charge in [-0.05, 0) is 56.2 Å². The Labute approximate surface area is 189 Å². The number of anilines is 1. The molecule has 1 aliphatic carbocycles. The zero-order chi connectivity index (χ0) is 22.3. The Morgan fingerprint density at radius 2 is 1.71 bits per heavy atom. The highest BCUT2D eigenvalue weighted by Crippen LogP contribution is 2.32. The van der Waals surface area contributed by atoms with Gasteiger partial charge in [-0.15, -0.1) is 11.3 Å². The van der Waals surface area contributed by atoms with Crippen LogP contribution in [0.4, 0.5) is 5.69 Å². The summed E-state index contributed by atoms with van der Waals surface area (Å²) in [6, 6.07) is 9.15. The van der Waals surface area contributed by atoms with Crippen molar-refractivity contribution in [1.29, 1.82) is 0 Å². The van der Waals surface area contributed by atoms with Gasteiger partial charge in [-0.2, -0.15) is 0 Å². The summed E-state index contributed by atoms with van der Waals surface area (Å²) in [5.74, 6) is -0.747. The molecule has 3 rings (SSSR count). The number of hydrogen-bond donors (Lipinski definition) is 2. The number of nitrogens with one attached hydrogen (secondary N) is 1. The first-order valence-electron chi connectivity index (χ1n) is 11.5. The summed E-state index contributed by atoms with van der Waals surface area (Å²) in [5.41, 5.74) is 3.67. The average molecular weight is 443 g/mol. The molecule has 1 aliphatic rings. The normalized spacial score (nSPS) is 13.5. The third-order valence-corrected chi connectivity index (χ3v) is 7.12. The van der Waals surface area contributed by atoms with E-state index in [1.807, 2.05) is 37.4 Å². The number of para-hydroxylation sites is 1. The Kier molecular flexibility index (Phi) is 8.27. The van der Waals surface area contributed by atoms with Gasteiger partial charge in [-0.3, -0.25) is 15.0 Å². The first-order valence-corrected chi connectivity index (χ1v) is 12.4. The standard InChI is InChI=1S/C25H34N2O3S/c1-3-5-16-25(30,17-6-4-2)24(29)26-27(19-12-8-7-9-13-19)23(28)21-18-31-22-15-11-10-14-20(21)22/h7-9,12-13,18,30H,3-6,10-11,14-17H2,1-2H3,(H,26,29). The first-order chi connectivity index (χ1) is 15.0. The molecule has 0 spiro atoms. The summed E-state index contributed by atoms with van der Waals surface area (Å²) in [6.45, 7) is 4.08. The summed E-state index contributed by atoms with van der Waals surface area (Å²) in [4.78, 5) is 28.2. The van der Waals surface area contributed by atoms with Crippen molar-refractivity contribution in [2.75, 3.05) is 5.01 Å². The number of aryl methyl sites for hydroxylation is 1. The SMILES string of the molecule is CCCCC(O)(CCCC)C(=O)NN(C(=O)c1csc2c1CCCC2)c1ccccc1. The van der Waals surface area contributed by atoms with Crippen molar-refractivity contribution in [3.8, 4) is 0 Å². The second-order valence-electron chi connectivity index (χ2n) is 8.41. The van der Waals surface area contributed by atoms with Crippen LogP contribution in [0.5, 0.6) is 0 Å². The van der Waals surface area contributed by atoms with Crippen LogP contribution in [0, 0.1) is 0 Å². The predicted octanol–water partition coefficient (Wildman–Crippen LogP) is 5.42. The third-order valence-electron chi connectivity index (χ3n) is 6.03. The van der Waals surface area contributed by atoms with Crippen molar-refractivity contribution >= 4 is 28.8 Å². The highest BCUT2D eigenvalue weighted by atomic mass is 32.1. The van der Waals surface area contributed by atoms with Crippen LogP contribution < -0.4 is 10.4 Å². The van der Waals surface area contributed by atoms with Gasteiger partial charge in [0.2, 0.25) is 0 Å². The van der Waals surface area contributed by atoms with E-state index in [1.165, 1.54) is 9.89 Å². The molecule has 0 bridgehead atoms. The van der Waals surface area contributed by atoms with E-state index in [9.17, 15) is 14.7 Å². The second-order valence-corrected chi connectivity index (χ2v) is 9.38. The molecule has 2 aromatic rings. The number of nitrogens with zero attached hydrogens (tertiary/aromatic N) is 1. The van der Waals surface area contributed by atoms with Crippen molar-refractivity contribution in [2.45, 2.75) is 83.7 Å². The van der Waals surface area contributed by atoms with Gasteiger partial charge >= 0.3 is 0 Å². The lowest BCUT2D eigenvalue weighted by molar-refractivity contribution is -0.141. The molecule has 5 nitrogen and oxygen atoms in total. The lowest BCUT2D eigenvalue weighted by atomic mass is 9.90. The molecule has 1 aromatic heterocycles. The van der Waals surface area contributed by atoms with E-state index in [-0.39, 0.29) is 5.91 Å². The summed E-state index contributed by atoms with van der Waals surface area (Å²) >= 11 is 1.63. The minimum absolute atomic E-state index is 0.243. The van der Waals surface area contributed by atoms with Gasteiger partial charge in [-0.25, -0.2) is 5.01 Å². The molecule has 0 radical (unpaired) electrons. The van der Waals surface area contributed by atoms with E-state index >= 15 is 0 Å². The molecule has 0 saturated carbocycles. The zero-order valence-electron chi connectivity index (χ0n) is 18.7. The van der Waals surface area contributed by atoms with Crippen molar-refractivity contribution in [2.24, 2.45) is 0 Å². The minimum atomic E-state index is -1.48. The fourth-order valence-corrected chi connectivity index (χ4v) is 5.22. The lowest BCUT2D eigenvalue weighted by Gasteiger charge is -2.31. The van der Waals surface area contributed by atoms with Gasteiger partial charge in [0.25, 0.3) is 11.8 Å². The zero-order valence-corrected chi connectivity index (χ0v) is 19.5. The summed E-state index contributed by atoms with van der Waals surface area (Å²) < 4.78 is 0. The molecule has 2 amide bonds. The Morgan fingerprint density at radius 1 is 1.06 bits per heavy atom. The molecule has 1 heterocycles. The highest BCUT2D eigenvalue weighted by molar-refractivity contribution is 7.10. The number of carbonyl (C=O) groups excluding carboxylic acids is 2. The van der Waals surface area contributed by atoms with Crippen LogP contribution in [0.2, 0.25) is 0 Å². The van der Waals surface area contributed by atoms with Crippen molar-refractivity contribution < 1.29 is 14.7 Å². The van der Waals surface area contributed by atoms with Crippen LogP contribution in [0.25, 0.3) is 0 Å². The van der Waals surface area contributed by atoms with Crippen LogP contribution in [0.3, 0.4) is 0 Å². The van der Waals surface area contributed by atoms with Crippen LogP contribution in [-0.4, -0.2) is 22.5 Å². The molecule has 0 aliphatic heterocycles. The van der Waals surface area contributed by atoms with Gasteiger partial charge < -0.3 is 5.11 Å². The molecule has 0 saturated heterocycles. The fraction of sp³-hybridized carbons (Fsp3) is 0.520. The Bertz CT molecular complexity index is 870. The van der Waals surface area contributed by atoms with Gasteiger partial charge in [0.05, 0.1) is 11.3 Å². The highest BCUT2D eigenvalue weighted by Gasteiger charge is 2.37. The molecular formula is C25H34N2O3S. The summed E-state index contributed by atoms with van der Waals surface area (Å²) in [5, 5.41) is 14.4. The molecule has 0 fully saturated rings. The Balaban J connectivity index is 1.90. The number of carbonyl (C=O) groups is 2. The van der Waals surface area contributed by atoms with Crippen molar-refractivity contribution in [1.82, 2.24) is 5.43 Å². The molecule has 31 heavy (non-hydrogen) atoms. The van der Waals surface area contributed by atoms with E-state index in [1.54, 1.807) is 23.5 Å². The van der Waals surface area contributed by atoms with Crippen molar-refractivity contribution in [3.05, 3.63) is 51.7 Å². The summed E-state index contributed by atoms with van der Waals surface area (Å²) in [7, 11) is 0. The Morgan fingerprint density at radius 3 is 2.35 bits per heavy atom. The summed E-state index contributed by atoms with van der Waals surface area (Å²) in [6.07, 6.45) is 8.22. The van der Waals surface area contributed by atoms with Gasteiger partial charge in [-0.1, -0.05) is 57.7 Å². The van der Waals surface area contributed by atoms with Gasteiger partial charge in [0.15, 0.2) is 0 Å². The number of thiophene rings is 1. The number of fused-ring (bicyclic) bond motifs is 1. The van der Waals surface area contributed by atoms with E-state index in [0.29, 0.717) is 24.1 Å². The van der Waals surface area contributed by atoms with Gasteiger partial charge in [0.1, 0.15) is 5.60 Å². The number of hydrazine groups is 1. The first kappa shape index (κ1) is 23.5. The minimum Gasteiger partial charge on any atom is -0.380 e. The fourth-order valence-electron chi connectivity index (χ4n) is 4.10. The number of rotatable bonds is 9. The topological polar surface area (TPSA) is 69.6 Å². The van der Waals surface area contributed by atoms with E-state index in [4.69, 9.17) is 0 Å². The van der Waals surface area contributed by atoms with Crippen LogP contribution in [0.1, 0.15) is 86.0 Å². The van der Waals surface area contributed by atoms with Crippen molar-refractivity contribution in [3.63, 3.8) is 0 Å². The van der Waals surface area contributed by atoms with Crippen LogP contribution >= 0.6 is 11.3 Å². The monoisotopic (exact) mass is 442 g/mol. The Hall–Kier alpha value is -2.18. The second kappa shape index (κ2) is 10.9. The van der Waals surface area contributed by atoms with Crippen LogP contribution in [0.15, 0.2) is 35.7 Å². The third kappa shape index (κ3) is 5.55. The quantitative estimate of drug-likeness (QED) is 0.510. The molecule has 0 atom stereocenters. The van der Waals surface area contributed by atoms with E-state index in [2.05, 4.69) is 5.43 Å². The molecule has 0 unspecified atom stereocenters. The largest absolute Gasteiger partial charge is 0.380 e. The molecule has 6 heteroatoms. The number of unbranched alkanes of at least 4 members (excludes halogenated alkanes) is 2. The van der Waals surface area contributed by atoms with E-state index < -0.39 is 11.5 Å². The lowest BCUT2D eigenvalue weighted by Crippen LogP contribution is -2.55. The van der Waals surface area contributed by atoms with Gasteiger partial charge in [0, 0.05) is 10.3 Å². The number of hydrogen-bond acceptors (Lipinski definition) is 4. The smallest absolute Gasteiger partial charge is 0.278 e. The molecule has 168 valence electrons. The number of amides is 2. The van der Waals surface area contributed by atoms with E-state index in [0.717, 1.165) is 56.9 Å². The molecule has 2 N–H and O–H groups in total. The molecular weight excluding hydrogens is 408 g/mol. The van der Waals surface area contributed by atoms with Crippen LogP contribution in [-0.2, 0) is 17.6 Å². The predicted molar refractivity (Wildman–Crippen MR) is 126 cm³/mol. The number of benzene rings is 1. The maximum absolute atomic E-state index is 13.6. The average Bonchev–Trinajstić information content (AvgIpc) is 3.24. The maximum Gasteiger partial charge on any atom is 0.278 e.